The Morgan fingerprint density at radius 3 is 2.69 bits per heavy atom. The second kappa shape index (κ2) is 4.90. The summed E-state index contributed by atoms with van der Waals surface area (Å²) < 4.78 is 38.7. The molecule has 0 spiro atoms. The zero-order valence-electron chi connectivity index (χ0n) is 9.07. The molecule has 1 unspecified atom stereocenters. The van der Waals surface area contributed by atoms with Crippen LogP contribution in [-0.2, 0) is 10.0 Å². The predicted molar refractivity (Wildman–Crippen MR) is 58.0 cm³/mol. The molecule has 0 aliphatic rings. The molecule has 1 aromatic rings. The van der Waals surface area contributed by atoms with Crippen LogP contribution >= 0.6 is 0 Å². The molecule has 4 nitrogen and oxygen atoms in total. The van der Waals surface area contributed by atoms with E-state index in [1.807, 2.05) is 0 Å². The summed E-state index contributed by atoms with van der Waals surface area (Å²) in [7, 11) is -3.89. The zero-order valence-corrected chi connectivity index (χ0v) is 9.88. The molecule has 0 aliphatic carbocycles. The standard InChI is InChI=1S/C10H14FNO3S/c1-7-3-4-9(11)10(5-7)16(14,15)12-6-8(2)13/h3-5,8,12-13H,6H2,1-2H3. The van der Waals surface area contributed by atoms with Crippen LogP contribution in [0.4, 0.5) is 4.39 Å². The van der Waals surface area contributed by atoms with Crippen LogP contribution < -0.4 is 4.72 Å². The molecular formula is C10H14FNO3S. The highest BCUT2D eigenvalue weighted by Crippen LogP contribution is 2.15. The summed E-state index contributed by atoms with van der Waals surface area (Å²) in [5.74, 6) is -0.802. The van der Waals surface area contributed by atoms with Gasteiger partial charge < -0.3 is 5.11 Å². The fraction of sp³-hybridized carbons (Fsp3) is 0.400. The normalized spacial score (nSPS) is 13.8. The van der Waals surface area contributed by atoms with Gasteiger partial charge in [-0.2, -0.15) is 0 Å². The quantitative estimate of drug-likeness (QED) is 0.826. The first-order chi connectivity index (χ1) is 7.33. The van der Waals surface area contributed by atoms with Crippen LogP contribution in [0.25, 0.3) is 0 Å². The molecule has 1 atom stereocenters. The van der Waals surface area contributed by atoms with Crippen molar-refractivity contribution in [1.29, 1.82) is 0 Å². The first kappa shape index (κ1) is 13.1. The van der Waals surface area contributed by atoms with E-state index >= 15 is 0 Å². The van der Waals surface area contributed by atoms with Gasteiger partial charge in [0.2, 0.25) is 10.0 Å². The van der Waals surface area contributed by atoms with E-state index < -0.39 is 26.8 Å². The molecule has 16 heavy (non-hydrogen) atoms. The molecule has 90 valence electrons. The minimum atomic E-state index is -3.89. The number of aliphatic hydroxyl groups is 1. The van der Waals surface area contributed by atoms with Crippen LogP contribution in [0.15, 0.2) is 23.1 Å². The molecule has 0 bridgehead atoms. The summed E-state index contributed by atoms with van der Waals surface area (Å²) >= 11 is 0. The molecule has 2 N–H and O–H groups in total. The average molecular weight is 247 g/mol. The minimum absolute atomic E-state index is 0.143. The van der Waals surface area contributed by atoms with E-state index in [-0.39, 0.29) is 6.54 Å². The van der Waals surface area contributed by atoms with Gasteiger partial charge in [-0.15, -0.1) is 0 Å². The summed E-state index contributed by atoms with van der Waals surface area (Å²) in [4.78, 5) is -0.395. The number of halogens is 1. The van der Waals surface area contributed by atoms with Crippen LogP contribution in [0.1, 0.15) is 12.5 Å². The molecular weight excluding hydrogens is 233 g/mol. The maximum atomic E-state index is 13.3. The number of hydrogen-bond donors (Lipinski definition) is 2. The highest BCUT2D eigenvalue weighted by molar-refractivity contribution is 7.89. The summed E-state index contributed by atoms with van der Waals surface area (Å²) in [6.07, 6.45) is -0.817. The number of hydrogen-bond acceptors (Lipinski definition) is 3. The summed E-state index contributed by atoms with van der Waals surface area (Å²) in [5.41, 5.74) is 0.652. The lowest BCUT2D eigenvalue weighted by Crippen LogP contribution is -2.31. The number of aliphatic hydroxyl groups excluding tert-OH is 1. The van der Waals surface area contributed by atoms with Gasteiger partial charge in [-0.05, 0) is 31.5 Å². The molecule has 0 amide bonds. The molecule has 0 fully saturated rings. The fourth-order valence-electron chi connectivity index (χ4n) is 1.12. The fourth-order valence-corrected chi connectivity index (χ4v) is 2.41. The second-order valence-electron chi connectivity index (χ2n) is 3.63. The van der Waals surface area contributed by atoms with Gasteiger partial charge in [0.15, 0.2) is 0 Å². The number of rotatable bonds is 4. The molecule has 6 heteroatoms. The number of aryl methyl sites for hydroxylation is 1. The maximum Gasteiger partial charge on any atom is 0.243 e. The average Bonchev–Trinajstić information content (AvgIpc) is 2.19. The van der Waals surface area contributed by atoms with Crippen molar-refractivity contribution < 1.29 is 17.9 Å². The van der Waals surface area contributed by atoms with Gasteiger partial charge in [0.05, 0.1) is 6.10 Å². The van der Waals surface area contributed by atoms with Gasteiger partial charge in [-0.25, -0.2) is 17.5 Å². The molecule has 0 heterocycles. The second-order valence-corrected chi connectivity index (χ2v) is 5.37. The Balaban J connectivity index is 3.02. The molecule has 0 saturated carbocycles. The topological polar surface area (TPSA) is 66.4 Å². The summed E-state index contributed by atoms with van der Waals surface area (Å²) in [6.45, 7) is 2.97. The van der Waals surface area contributed by atoms with Crippen molar-refractivity contribution in [3.05, 3.63) is 29.6 Å². The van der Waals surface area contributed by atoms with Crippen molar-refractivity contribution in [3.63, 3.8) is 0 Å². The van der Waals surface area contributed by atoms with E-state index in [2.05, 4.69) is 4.72 Å². The Hall–Kier alpha value is -0.980. The number of benzene rings is 1. The predicted octanol–water partition coefficient (Wildman–Crippen LogP) is 0.793. The zero-order chi connectivity index (χ0) is 12.3. The Labute approximate surface area is 94.2 Å². The Morgan fingerprint density at radius 1 is 1.50 bits per heavy atom. The highest BCUT2D eigenvalue weighted by Gasteiger charge is 2.19. The van der Waals surface area contributed by atoms with Crippen molar-refractivity contribution >= 4 is 10.0 Å². The molecule has 0 aromatic heterocycles. The summed E-state index contributed by atoms with van der Waals surface area (Å²) in [5, 5.41) is 8.97. The molecule has 1 aromatic carbocycles. The van der Waals surface area contributed by atoms with Gasteiger partial charge in [-0.3, -0.25) is 0 Å². The Kier molecular flexibility index (Phi) is 4.01. The largest absolute Gasteiger partial charge is 0.392 e. The Morgan fingerprint density at radius 2 is 2.12 bits per heavy atom. The van der Waals surface area contributed by atoms with Crippen molar-refractivity contribution in [2.75, 3.05) is 6.54 Å². The molecule has 0 aliphatic heterocycles. The van der Waals surface area contributed by atoms with Gasteiger partial charge in [0.1, 0.15) is 10.7 Å². The maximum absolute atomic E-state index is 13.3. The number of nitrogens with one attached hydrogen (secondary N) is 1. The highest BCUT2D eigenvalue weighted by atomic mass is 32.2. The molecule has 1 rings (SSSR count). The monoisotopic (exact) mass is 247 g/mol. The van der Waals surface area contributed by atoms with Crippen LogP contribution in [0.3, 0.4) is 0 Å². The first-order valence-electron chi connectivity index (χ1n) is 4.77. The lowest BCUT2D eigenvalue weighted by Gasteiger charge is -2.09. The lowest BCUT2D eigenvalue weighted by molar-refractivity contribution is 0.198. The van der Waals surface area contributed by atoms with Crippen molar-refractivity contribution in [3.8, 4) is 0 Å². The summed E-state index contributed by atoms with van der Waals surface area (Å²) in [6, 6.07) is 3.84. The van der Waals surface area contributed by atoms with E-state index in [1.54, 1.807) is 6.92 Å². The van der Waals surface area contributed by atoms with Gasteiger partial charge in [-0.1, -0.05) is 6.07 Å². The van der Waals surface area contributed by atoms with Crippen LogP contribution in [0.5, 0.6) is 0 Å². The number of sulfonamides is 1. The van der Waals surface area contributed by atoms with Crippen molar-refractivity contribution in [2.45, 2.75) is 24.8 Å². The van der Waals surface area contributed by atoms with Gasteiger partial charge in [0.25, 0.3) is 0 Å². The van der Waals surface area contributed by atoms with E-state index in [1.165, 1.54) is 19.1 Å². The lowest BCUT2D eigenvalue weighted by atomic mass is 10.2. The first-order valence-corrected chi connectivity index (χ1v) is 6.25. The van der Waals surface area contributed by atoms with Gasteiger partial charge >= 0.3 is 0 Å². The van der Waals surface area contributed by atoms with E-state index in [0.29, 0.717) is 5.56 Å². The third kappa shape index (κ3) is 3.26. The van der Waals surface area contributed by atoms with Crippen molar-refractivity contribution in [1.82, 2.24) is 4.72 Å². The van der Waals surface area contributed by atoms with Crippen LogP contribution in [0.2, 0.25) is 0 Å². The minimum Gasteiger partial charge on any atom is -0.392 e. The molecule has 0 saturated heterocycles. The van der Waals surface area contributed by atoms with E-state index in [4.69, 9.17) is 5.11 Å². The SMILES string of the molecule is Cc1ccc(F)c(S(=O)(=O)NCC(C)O)c1. The molecule has 0 radical (unpaired) electrons. The smallest absolute Gasteiger partial charge is 0.243 e. The Bertz CT molecular complexity index is 471. The third-order valence-electron chi connectivity index (χ3n) is 1.94. The van der Waals surface area contributed by atoms with E-state index in [0.717, 1.165) is 6.07 Å². The van der Waals surface area contributed by atoms with Gasteiger partial charge in [0, 0.05) is 6.54 Å². The van der Waals surface area contributed by atoms with Crippen molar-refractivity contribution in [2.24, 2.45) is 0 Å². The van der Waals surface area contributed by atoms with Crippen LogP contribution in [-0.4, -0.2) is 26.2 Å². The van der Waals surface area contributed by atoms with E-state index in [9.17, 15) is 12.8 Å². The third-order valence-corrected chi connectivity index (χ3v) is 3.38. The van der Waals surface area contributed by atoms with Crippen LogP contribution in [0, 0.1) is 12.7 Å².